The lowest BCUT2D eigenvalue weighted by atomic mass is 10.0. The van der Waals surface area contributed by atoms with Crippen molar-refractivity contribution >= 4 is 71.2 Å². The Hall–Kier alpha value is -7.70. The summed E-state index contributed by atoms with van der Waals surface area (Å²) in [6.45, 7) is 0. The van der Waals surface area contributed by atoms with E-state index in [0.717, 1.165) is 55.6 Å². The van der Waals surface area contributed by atoms with Gasteiger partial charge in [0.2, 0.25) is 0 Å². The van der Waals surface area contributed by atoms with Crippen LogP contribution in [0.2, 0.25) is 0 Å². The fraction of sp³-hybridized carbons (Fsp3) is 0. The molecule has 12 aromatic rings. The van der Waals surface area contributed by atoms with Gasteiger partial charge in [-0.2, -0.15) is 0 Å². The molecule has 0 amide bonds. The van der Waals surface area contributed by atoms with Crippen molar-refractivity contribution < 1.29 is 0 Å². The third-order valence-corrected chi connectivity index (χ3v) is 11.4. The van der Waals surface area contributed by atoms with Crippen LogP contribution in [0.25, 0.3) is 99.4 Å². The third-order valence-electron chi connectivity index (χ3n) is 11.4. The molecule has 0 N–H and O–H groups in total. The number of fused-ring (bicyclic) bond motifs is 11. The minimum absolute atomic E-state index is 0.153. The van der Waals surface area contributed by atoms with E-state index in [0.29, 0.717) is 5.65 Å². The van der Waals surface area contributed by atoms with Crippen molar-refractivity contribution in [2.45, 2.75) is 0 Å². The zero-order valence-electron chi connectivity index (χ0n) is 30.0. The summed E-state index contributed by atoms with van der Waals surface area (Å²) in [6.07, 6.45) is 0. The van der Waals surface area contributed by atoms with E-state index in [1.807, 2.05) is 65.2 Å². The maximum absolute atomic E-state index is 14.5. The normalized spacial score (nSPS) is 12.0. The van der Waals surface area contributed by atoms with Gasteiger partial charge >= 0.3 is 5.69 Å². The Morgan fingerprint density at radius 3 is 1.45 bits per heavy atom. The molecule has 0 unspecified atom stereocenters. The molecule has 8 aromatic carbocycles. The van der Waals surface area contributed by atoms with Gasteiger partial charge in [-0.1, -0.05) is 97.1 Å². The molecule has 6 nitrogen and oxygen atoms in total. The maximum atomic E-state index is 14.5. The van der Waals surface area contributed by atoms with Crippen molar-refractivity contribution in [3.8, 4) is 28.2 Å². The van der Waals surface area contributed by atoms with Gasteiger partial charge in [-0.15, -0.1) is 0 Å². The predicted octanol–water partition coefficient (Wildman–Crippen LogP) is 11.7. The summed E-state index contributed by atoms with van der Waals surface area (Å²) >= 11 is 0. The number of benzene rings is 8. The maximum Gasteiger partial charge on any atom is 0.339 e. The Labute approximate surface area is 320 Å². The first-order chi connectivity index (χ1) is 27.7. The van der Waals surface area contributed by atoms with E-state index in [4.69, 9.17) is 4.98 Å². The highest BCUT2D eigenvalue weighted by Gasteiger charge is 2.19. The summed E-state index contributed by atoms with van der Waals surface area (Å²) in [5.74, 6) is 0. The number of para-hydroxylation sites is 6. The van der Waals surface area contributed by atoms with Gasteiger partial charge in [-0.05, 0) is 102 Å². The molecule has 0 aliphatic heterocycles. The molecule has 0 bridgehead atoms. The summed E-state index contributed by atoms with van der Waals surface area (Å²) < 4.78 is 8.22. The summed E-state index contributed by atoms with van der Waals surface area (Å²) in [6, 6.07) is 65.6. The Morgan fingerprint density at radius 1 is 0.339 bits per heavy atom. The molecule has 0 radical (unpaired) electrons. The van der Waals surface area contributed by atoms with Crippen molar-refractivity contribution in [2.24, 2.45) is 0 Å². The van der Waals surface area contributed by atoms with E-state index in [1.165, 1.54) is 38.1 Å². The minimum Gasteiger partial charge on any atom is -0.309 e. The molecule has 0 saturated carbocycles. The number of imidazole rings is 1. The van der Waals surface area contributed by atoms with Crippen molar-refractivity contribution in [1.29, 1.82) is 0 Å². The Morgan fingerprint density at radius 2 is 0.804 bits per heavy atom. The molecule has 12 rings (SSSR count). The third kappa shape index (κ3) is 4.32. The molecule has 4 aromatic heterocycles. The van der Waals surface area contributed by atoms with Crippen LogP contribution in [0.5, 0.6) is 0 Å². The van der Waals surface area contributed by atoms with Gasteiger partial charge in [-0.25, -0.2) is 14.2 Å². The van der Waals surface area contributed by atoms with Gasteiger partial charge < -0.3 is 9.13 Å². The predicted molar refractivity (Wildman–Crippen MR) is 230 cm³/mol. The second-order valence-electron chi connectivity index (χ2n) is 14.4. The van der Waals surface area contributed by atoms with Crippen LogP contribution in [0.4, 0.5) is 0 Å². The minimum atomic E-state index is -0.153. The van der Waals surface area contributed by atoms with Gasteiger partial charge in [0.25, 0.3) is 0 Å². The topological polar surface area (TPSA) is 49.2 Å². The van der Waals surface area contributed by atoms with Crippen LogP contribution >= 0.6 is 0 Å². The zero-order chi connectivity index (χ0) is 36.9. The van der Waals surface area contributed by atoms with E-state index < -0.39 is 0 Å². The molecule has 0 spiro atoms. The van der Waals surface area contributed by atoms with E-state index >= 15 is 0 Å². The fourth-order valence-electron chi connectivity index (χ4n) is 8.92. The Kier molecular flexibility index (Phi) is 6.39. The number of hydrogen-bond acceptors (Lipinski definition) is 2. The average Bonchev–Trinajstić information content (AvgIpc) is 3.92. The number of rotatable bonds is 4. The Bertz CT molecular complexity index is 3620. The van der Waals surface area contributed by atoms with Crippen LogP contribution in [-0.4, -0.2) is 23.1 Å². The molecule has 56 heavy (non-hydrogen) atoms. The van der Waals surface area contributed by atoms with Crippen molar-refractivity contribution in [3.05, 3.63) is 199 Å². The molecular weight excluding hydrogens is 687 g/mol. The molecule has 0 aliphatic carbocycles. The SMILES string of the molecule is O=c1n(-c2cccc(-n3c4ccccc4c4cc(-c5ccc6c(c5)c5ccccc5n6-c5ccccc5)ccc43)c2)c2ccccc2c2nc3ccccc3n12. The second kappa shape index (κ2) is 11.6. The molecule has 0 aliphatic rings. The average molecular weight is 718 g/mol. The summed E-state index contributed by atoms with van der Waals surface area (Å²) in [5, 5.41) is 5.72. The summed E-state index contributed by atoms with van der Waals surface area (Å²) in [5.41, 5.74) is 12.7. The zero-order valence-corrected chi connectivity index (χ0v) is 30.0. The molecule has 6 heteroatoms. The van der Waals surface area contributed by atoms with Gasteiger partial charge in [0.1, 0.15) is 0 Å². The molecule has 0 atom stereocenters. The smallest absolute Gasteiger partial charge is 0.309 e. The van der Waals surface area contributed by atoms with Crippen LogP contribution in [0.3, 0.4) is 0 Å². The summed E-state index contributed by atoms with van der Waals surface area (Å²) in [4.78, 5) is 19.4. The van der Waals surface area contributed by atoms with Crippen LogP contribution in [-0.2, 0) is 0 Å². The highest BCUT2D eigenvalue weighted by atomic mass is 16.1. The first-order valence-corrected chi connectivity index (χ1v) is 18.9. The Balaban J connectivity index is 1.04. The van der Waals surface area contributed by atoms with E-state index in [2.05, 4.69) is 137 Å². The second-order valence-corrected chi connectivity index (χ2v) is 14.4. The first kappa shape index (κ1) is 30.7. The van der Waals surface area contributed by atoms with Crippen LogP contribution < -0.4 is 5.69 Å². The molecule has 0 saturated heterocycles. The summed E-state index contributed by atoms with van der Waals surface area (Å²) in [7, 11) is 0. The van der Waals surface area contributed by atoms with Gasteiger partial charge in [0, 0.05) is 38.3 Å². The van der Waals surface area contributed by atoms with Crippen molar-refractivity contribution in [1.82, 2.24) is 23.1 Å². The number of aromatic nitrogens is 5. The largest absolute Gasteiger partial charge is 0.339 e. The van der Waals surface area contributed by atoms with Gasteiger partial charge in [0.05, 0.1) is 44.3 Å². The van der Waals surface area contributed by atoms with Crippen LogP contribution in [0.1, 0.15) is 0 Å². The van der Waals surface area contributed by atoms with E-state index in [-0.39, 0.29) is 5.69 Å². The molecule has 262 valence electrons. The first-order valence-electron chi connectivity index (χ1n) is 18.9. The van der Waals surface area contributed by atoms with Crippen molar-refractivity contribution in [3.63, 3.8) is 0 Å². The quantitative estimate of drug-likeness (QED) is 0.182. The van der Waals surface area contributed by atoms with Crippen LogP contribution in [0.15, 0.2) is 193 Å². The lowest BCUT2D eigenvalue weighted by Gasteiger charge is -2.14. The van der Waals surface area contributed by atoms with Gasteiger partial charge in [-0.3, -0.25) is 4.57 Å². The molecular formula is C50H31N5O. The number of nitrogens with zero attached hydrogens (tertiary/aromatic N) is 5. The molecule has 0 fully saturated rings. The van der Waals surface area contributed by atoms with Gasteiger partial charge in [0.15, 0.2) is 5.65 Å². The van der Waals surface area contributed by atoms with E-state index in [9.17, 15) is 4.79 Å². The van der Waals surface area contributed by atoms with E-state index in [1.54, 1.807) is 4.40 Å². The number of hydrogen-bond donors (Lipinski definition) is 0. The van der Waals surface area contributed by atoms with Crippen molar-refractivity contribution in [2.75, 3.05) is 0 Å². The highest BCUT2D eigenvalue weighted by Crippen LogP contribution is 2.38. The van der Waals surface area contributed by atoms with Crippen LogP contribution in [0, 0.1) is 0 Å². The monoisotopic (exact) mass is 717 g/mol. The molecule has 4 heterocycles. The standard InChI is InChI=1S/C50H31N5O/c56-50-54(45-23-10-6-19-39(45)49-51-42-20-7-11-24-48(42)55(49)50)36-16-12-15-35(31-36)53-44-22-9-5-18-38(44)41-30-33(26-28-47(41)53)32-25-27-46-40(29-32)37-17-4-8-21-43(37)52(46)34-13-2-1-3-14-34/h1-31H. The fourth-order valence-corrected chi connectivity index (χ4v) is 8.92. The lowest BCUT2D eigenvalue weighted by molar-refractivity contribution is 0.930. The highest BCUT2D eigenvalue weighted by molar-refractivity contribution is 6.12. The lowest BCUT2D eigenvalue weighted by Crippen LogP contribution is -2.25.